The van der Waals surface area contributed by atoms with E-state index < -0.39 is 132 Å². The molecule has 0 saturated carbocycles. The third kappa shape index (κ3) is 12.2. The van der Waals surface area contributed by atoms with Crippen LogP contribution in [0, 0.1) is 23.7 Å². The molecule has 60 heavy (non-hydrogen) atoms. The van der Waals surface area contributed by atoms with Crippen LogP contribution in [-0.4, -0.2) is 161 Å². The van der Waals surface area contributed by atoms with E-state index in [0.29, 0.717) is 6.42 Å². The van der Waals surface area contributed by atoms with Crippen molar-refractivity contribution in [3.8, 4) is 0 Å². The van der Waals surface area contributed by atoms with Crippen LogP contribution in [0.4, 0.5) is 0 Å². The topological polar surface area (TPSA) is 226 Å². The minimum absolute atomic E-state index is 0.0431. The average molecular weight is 862 g/mol. The molecule has 3 heterocycles. The molecule has 17 nitrogen and oxygen atoms in total. The van der Waals surface area contributed by atoms with Gasteiger partial charge in [-0.2, -0.15) is 0 Å². The molecule has 3 rings (SSSR count). The van der Waals surface area contributed by atoms with Crippen molar-refractivity contribution in [1.29, 1.82) is 0 Å². The molecule has 3 aliphatic rings. The van der Waals surface area contributed by atoms with E-state index in [1.165, 1.54) is 27.9 Å². The van der Waals surface area contributed by atoms with Gasteiger partial charge in [0, 0.05) is 31.3 Å². The summed E-state index contributed by atoms with van der Waals surface area (Å²) in [4.78, 5) is 55.6. The van der Waals surface area contributed by atoms with Crippen LogP contribution in [0.3, 0.4) is 0 Å². The van der Waals surface area contributed by atoms with Crippen LogP contribution >= 0.6 is 0 Å². The quantitative estimate of drug-likeness (QED) is 0.163. The number of carbonyl (C=O) groups is 4. The van der Waals surface area contributed by atoms with E-state index in [1.54, 1.807) is 48.5 Å². The second-order valence-corrected chi connectivity index (χ2v) is 18.2. The number of hydrogen-bond donors (Lipinski definition) is 4. The lowest BCUT2D eigenvalue weighted by Crippen LogP contribution is -2.61. The summed E-state index contributed by atoms with van der Waals surface area (Å²) in [6.45, 7) is 17.9. The van der Waals surface area contributed by atoms with Crippen molar-refractivity contribution in [2.24, 2.45) is 23.7 Å². The number of ether oxygens (including phenoxy) is 8. The fourth-order valence-corrected chi connectivity index (χ4v) is 9.17. The largest absolute Gasteiger partial charge is 0.466 e. The van der Waals surface area contributed by atoms with Gasteiger partial charge in [0.05, 0.1) is 73.1 Å². The Balaban J connectivity index is 2.22. The summed E-state index contributed by atoms with van der Waals surface area (Å²) in [6, 6.07) is -0.443. The summed E-state index contributed by atoms with van der Waals surface area (Å²) in [5.74, 6) is -6.64. The number of likely N-dealkylation sites (N-methyl/N-ethyl adjacent to an activating group) is 1. The van der Waals surface area contributed by atoms with Crippen LogP contribution in [0.5, 0.6) is 0 Å². The van der Waals surface area contributed by atoms with Crippen LogP contribution < -0.4 is 0 Å². The number of hydrogen-bond acceptors (Lipinski definition) is 17. The number of esters is 3. The highest BCUT2D eigenvalue weighted by Crippen LogP contribution is 2.41. The molecule has 3 fully saturated rings. The fourth-order valence-electron chi connectivity index (χ4n) is 9.17. The van der Waals surface area contributed by atoms with Gasteiger partial charge in [0.25, 0.3) is 0 Å². The highest BCUT2D eigenvalue weighted by molar-refractivity contribution is 5.83. The summed E-state index contributed by atoms with van der Waals surface area (Å²) in [5.41, 5.74) is -5.06. The molecule has 0 aliphatic carbocycles. The number of aliphatic hydroxyl groups is 4. The normalized spacial score (nSPS) is 43.8. The van der Waals surface area contributed by atoms with Gasteiger partial charge >= 0.3 is 17.9 Å². The molecule has 0 spiro atoms. The first-order chi connectivity index (χ1) is 27.8. The predicted octanol–water partition coefficient (Wildman–Crippen LogP) is 2.68. The third-order valence-corrected chi connectivity index (χ3v) is 12.9. The molecule has 0 amide bonds. The fraction of sp³-hybridized carbons (Fsp3) is 0.907. The predicted molar refractivity (Wildman–Crippen MR) is 216 cm³/mol. The number of rotatable bonds is 12. The summed E-state index contributed by atoms with van der Waals surface area (Å²) in [6.07, 6.45) is -11.1. The Morgan fingerprint density at radius 2 is 1.47 bits per heavy atom. The zero-order chi connectivity index (χ0) is 45.7. The van der Waals surface area contributed by atoms with Crippen molar-refractivity contribution in [1.82, 2.24) is 4.90 Å². The van der Waals surface area contributed by atoms with E-state index in [4.69, 9.17) is 37.9 Å². The molecule has 0 aromatic heterocycles. The minimum atomic E-state index is -2.04. The van der Waals surface area contributed by atoms with Crippen LogP contribution in [0.1, 0.15) is 115 Å². The van der Waals surface area contributed by atoms with Crippen LogP contribution in [0.25, 0.3) is 0 Å². The molecule has 4 N–H and O–H groups in total. The van der Waals surface area contributed by atoms with E-state index in [0.717, 1.165) is 0 Å². The molecule has 348 valence electrons. The Morgan fingerprint density at radius 1 is 0.850 bits per heavy atom. The van der Waals surface area contributed by atoms with Crippen LogP contribution in [0.15, 0.2) is 0 Å². The van der Waals surface area contributed by atoms with Gasteiger partial charge in [-0.15, -0.1) is 0 Å². The first-order valence-electron chi connectivity index (χ1n) is 21.5. The Morgan fingerprint density at radius 3 is 2.03 bits per heavy atom. The second kappa shape index (κ2) is 21.4. The minimum Gasteiger partial charge on any atom is -0.466 e. The van der Waals surface area contributed by atoms with E-state index in [1.807, 2.05) is 25.9 Å². The van der Waals surface area contributed by atoms with Crippen molar-refractivity contribution in [2.75, 3.05) is 27.8 Å². The molecular formula is C43H75NO16. The summed E-state index contributed by atoms with van der Waals surface area (Å²) < 4.78 is 48.8. The van der Waals surface area contributed by atoms with Crippen molar-refractivity contribution in [3.63, 3.8) is 0 Å². The second-order valence-electron chi connectivity index (χ2n) is 18.2. The standard InChI is InChI=1S/C43H75NO16/c1-15-29-43(11,52)36(48)24(5)33(47)22(3)20-41(9,51)38(25(6)34(26(7)39(50)57-29)59-32-21-42(10,53-14)37(49)27(8)56-32)60-40-35(28(44(12)13)19-23(4)55-40)58-31(46)18-17-30(45)54-16-2/h22-29,32,34-38,40,48-49,51-52H,15-21H2,1-14H3/t22-,23+,24+,25-,26-,27-,28-,29-,32-,34+,35+,36-,37-,38-,40-,41-,42+,43-/m1/s1. The summed E-state index contributed by atoms with van der Waals surface area (Å²) in [7, 11) is 5.09. The molecule has 0 aromatic rings. The van der Waals surface area contributed by atoms with Crippen molar-refractivity contribution >= 4 is 23.7 Å². The molecular weight excluding hydrogens is 786 g/mol. The first-order valence-corrected chi connectivity index (χ1v) is 21.5. The lowest BCUT2D eigenvalue weighted by atomic mass is 9.74. The molecule has 0 aromatic carbocycles. The lowest BCUT2D eigenvalue weighted by molar-refractivity contribution is -0.319. The molecule has 3 aliphatic heterocycles. The zero-order valence-electron chi connectivity index (χ0n) is 38.2. The number of nitrogens with zero attached hydrogens (tertiary/aromatic N) is 1. The molecule has 0 unspecified atom stereocenters. The van der Waals surface area contributed by atoms with E-state index >= 15 is 0 Å². The van der Waals surface area contributed by atoms with Crippen LogP contribution in [-0.2, 0) is 57.1 Å². The summed E-state index contributed by atoms with van der Waals surface area (Å²) >= 11 is 0. The number of aliphatic hydroxyl groups excluding tert-OH is 2. The number of Topliss-reactive ketones (excluding diaryl/α,β-unsaturated/α-hetero) is 1. The van der Waals surface area contributed by atoms with Gasteiger partial charge in [-0.25, -0.2) is 0 Å². The first kappa shape index (κ1) is 52.0. The van der Waals surface area contributed by atoms with Gasteiger partial charge in [-0.3, -0.25) is 19.2 Å². The van der Waals surface area contributed by atoms with Gasteiger partial charge < -0.3 is 63.2 Å². The van der Waals surface area contributed by atoms with E-state index in [9.17, 15) is 39.6 Å². The number of ketones is 1. The zero-order valence-corrected chi connectivity index (χ0v) is 38.2. The molecule has 17 heteroatoms. The number of cyclic esters (lactones) is 1. The van der Waals surface area contributed by atoms with E-state index in [-0.39, 0.29) is 38.7 Å². The third-order valence-electron chi connectivity index (χ3n) is 12.9. The molecule has 3 saturated heterocycles. The maximum atomic E-state index is 14.3. The Kier molecular flexibility index (Phi) is 18.5. The van der Waals surface area contributed by atoms with E-state index in [2.05, 4.69) is 0 Å². The molecule has 18 atom stereocenters. The van der Waals surface area contributed by atoms with Gasteiger partial charge in [-0.1, -0.05) is 27.7 Å². The van der Waals surface area contributed by atoms with Crippen molar-refractivity contribution in [3.05, 3.63) is 0 Å². The summed E-state index contributed by atoms with van der Waals surface area (Å²) in [5, 5.41) is 46.8. The molecule has 0 bridgehead atoms. The van der Waals surface area contributed by atoms with Gasteiger partial charge in [-0.05, 0) is 81.8 Å². The Labute approximate surface area is 356 Å². The average Bonchev–Trinajstić information content (AvgIpc) is 3.17. The van der Waals surface area contributed by atoms with Crippen molar-refractivity contribution in [2.45, 2.75) is 199 Å². The van der Waals surface area contributed by atoms with Gasteiger partial charge in [0.15, 0.2) is 18.7 Å². The Bertz CT molecular complexity index is 1440. The van der Waals surface area contributed by atoms with Gasteiger partial charge in [0.2, 0.25) is 0 Å². The maximum absolute atomic E-state index is 14.3. The Hall–Kier alpha value is -2.32. The SMILES string of the molecule is CCOC(=O)CCC(=O)O[C@@H]1[C@@H](O[C@@H]2[C@H](C)[C@H](O[C@@H]3C[C@](C)(OC)[C@H](O)[C@@H](C)O3)[C@@H](C)C(=O)O[C@H](CC)[C@@](C)(O)[C@H](O)[C@@H](C)C(=O)[C@H](C)C[C@@]2(C)O)O[C@@H](C)C[C@H]1N(C)C. The highest BCUT2D eigenvalue weighted by Gasteiger charge is 2.54. The van der Waals surface area contributed by atoms with Crippen LogP contribution in [0.2, 0.25) is 0 Å². The number of methoxy groups -OCH3 is 1. The highest BCUT2D eigenvalue weighted by atomic mass is 16.7. The maximum Gasteiger partial charge on any atom is 0.311 e. The molecule has 0 radical (unpaired) electrons. The lowest BCUT2D eigenvalue weighted by Gasteiger charge is -2.49. The number of carbonyl (C=O) groups excluding carboxylic acids is 4. The smallest absolute Gasteiger partial charge is 0.311 e. The monoisotopic (exact) mass is 862 g/mol. The van der Waals surface area contributed by atoms with Gasteiger partial charge in [0.1, 0.15) is 23.6 Å². The van der Waals surface area contributed by atoms with Crippen molar-refractivity contribution < 1.29 is 77.5 Å².